The molecule has 0 aliphatic heterocycles. The minimum atomic E-state index is -0.436. The third-order valence-electron chi connectivity index (χ3n) is 3.37. The first kappa shape index (κ1) is 14.0. The van der Waals surface area contributed by atoms with Crippen molar-refractivity contribution in [3.8, 4) is 0 Å². The van der Waals surface area contributed by atoms with Crippen LogP contribution in [0.5, 0.6) is 0 Å². The van der Waals surface area contributed by atoms with Crippen molar-refractivity contribution in [2.24, 2.45) is 0 Å². The Labute approximate surface area is 126 Å². The number of H-pyrrole nitrogens is 1. The molecule has 1 N–H and O–H groups in total. The average Bonchev–Trinajstić information content (AvgIpc) is 2.53. The largest absolute Gasteiger partial charge is 0.454 e. The Balaban J connectivity index is 1.81. The predicted molar refractivity (Wildman–Crippen MR) is 82.7 cm³/mol. The molecule has 3 rings (SSSR count). The normalized spacial score (nSPS) is 10.6. The first-order chi connectivity index (χ1) is 10.6. The molecule has 3 aromatic rings. The molecule has 0 fully saturated rings. The maximum absolute atomic E-state index is 12.0. The molecule has 1 aromatic heterocycles. The highest BCUT2D eigenvalue weighted by atomic mass is 16.5. The molecule has 1 heterocycles. The van der Waals surface area contributed by atoms with Gasteiger partial charge in [-0.2, -0.15) is 0 Å². The molecule has 5 nitrogen and oxygen atoms in total. The number of carbonyl (C=O) groups excluding carboxylic acids is 1. The van der Waals surface area contributed by atoms with Gasteiger partial charge in [-0.25, -0.2) is 9.78 Å². The van der Waals surface area contributed by atoms with Gasteiger partial charge in [0.05, 0.1) is 16.5 Å². The number of aryl methyl sites for hydroxylation is 1. The first-order valence-electron chi connectivity index (χ1n) is 6.86. The molecule has 0 saturated heterocycles. The maximum atomic E-state index is 12.0. The Hall–Kier alpha value is -2.95. The second-order valence-corrected chi connectivity index (χ2v) is 4.92. The van der Waals surface area contributed by atoms with Gasteiger partial charge < -0.3 is 9.72 Å². The lowest BCUT2D eigenvalue weighted by molar-refractivity contribution is 0.0461. The smallest absolute Gasteiger partial charge is 0.338 e. The van der Waals surface area contributed by atoms with E-state index in [0.717, 1.165) is 5.56 Å². The van der Waals surface area contributed by atoms with Crippen molar-refractivity contribution in [2.45, 2.75) is 13.5 Å². The summed E-state index contributed by atoms with van der Waals surface area (Å²) in [7, 11) is 0. The quantitative estimate of drug-likeness (QED) is 0.754. The highest BCUT2D eigenvalue weighted by molar-refractivity contribution is 5.90. The summed E-state index contributed by atoms with van der Waals surface area (Å²) in [5.41, 5.74) is 1.68. The van der Waals surface area contributed by atoms with Crippen molar-refractivity contribution in [2.75, 3.05) is 0 Å². The molecule has 22 heavy (non-hydrogen) atoms. The number of nitrogens with zero attached hydrogens (tertiary/aromatic N) is 1. The monoisotopic (exact) mass is 294 g/mol. The van der Waals surface area contributed by atoms with Gasteiger partial charge in [-0.1, -0.05) is 30.3 Å². The number of para-hydroxylation sites is 1. The van der Waals surface area contributed by atoms with E-state index < -0.39 is 5.97 Å². The zero-order valence-electron chi connectivity index (χ0n) is 12.0. The van der Waals surface area contributed by atoms with Crippen LogP contribution >= 0.6 is 0 Å². The van der Waals surface area contributed by atoms with E-state index >= 15 is 0 Å². The van der Waals surface area contributed by atoms with Crippen LogP contribution in [0.15, 0.2) is 53.3 Å². The van der Waals surface area contributed by atoms with Crippen molar-refractivity contribution >= 4 is 16.9 Å². The number of ether oxygens (including phenoxy) is 1. The highest BCUT2D eigenvalue weighted by Crippen LogP contribution is 2.10. The topological polar surface area (TPSA) is 72.0 Å². The summed E-state index contributed by atoms with van der Waals surface area (Å²) in [6.45, 7) is 1.76. The molecule has 0 aliphatic carbocycles. The van der Waals surface area contributed by atoms with Crippen molar-refractivity contribution in [3.63, 3.8) is 0 Å². The van der Waals surface area contributed by atoms with Crippen molar-refractivity contribution in [1.29, 1.82) is 0 Å². The van der Waals surface area contributed by atoms with E-state index in [1.165, 1.54) is 0 Å². The first-order valence-corrected chi connectivity index (χ1v) is 6.86. The van der Waals surface area contributed by atoms with Crippen molar-refractivity contribution in [1.82, 2.24) is 9.97 Å². The average molecular weight is 294 g/mol. The van der Waals surface area contributed by atoms with Crippen molar-refractivity contribution in [3.05, 3.63) is 75.8 Å². The third kappa shape index (κ3) is 2.74. The van der Waals surface area contributed by atoms with Crippen LogP contribution in [-0.4, -0.2) is 15.9 Å². The zero-order chi connectivity index (χ0) is 15.5. The Morgan fingerprint density at radius 1 is 1.14 bits per heavy atom. The van der Waals surface area contributed by atoms with Crippen LogP contribution in [0.2, 0.25) is 0 Å². The Kier molecular flexibility index (Phi) is 3.70. The van der Waals surface area contributed by atoms with Crippen LogP contribution in [0.4, 0.5) is 0 Å². The number of fused-ring (bicyclic) bond motifs is 1. The maximum Gasteiger partial charge on any atom is 0.338 e. The summed E-state index contributed by atoms with van der Waals surface area (Å²) in [4.78, 5) is 30.9. The molecule has 2 aromatic carbocycles. The van der Waals surface area contributed by atoms with Crippen LogP contribution < -0.4 is 5.56 Å². The third-order valence-corrected chi connectivity index (χ3v) is 3.37. The van der Waals surface area contributed by atoms with Gasteiger partial charge in [0.25, 0.3) is 5.56 Å². The van der Waals surface area contributed by atoms with Crippen LogP contribution in [-0.2, 0) is 11.3 Å². The van der Waals surface area contributed by atoms with Gasteiger partial charge in [0, 0.05) is 0 Å². The lowest BCUT2D eigenvalue weighted by atomic mass is 10.1. The van der Waals surface area contributed by atoms with E-state index in [1.54, 1.807) is 36.4 Å². The van der Waals surface area contributed by atoms with E-state index in [2.05, 4.69) is 9.97 Å². The fraction of sp³-hybridized carbons (Fsp3) is 0.118. The lowest BCUT2D eigenvalue weighted by Crippen LogP contribution is -2.14. The van der Waals surface area contributed by atoms with Gasteiger partial charge in [-0.3, -0.25) is 4.79 Å². The summed E-state index contributed by atoms with van der Waals surface area (Å²) >= 11 is 0. The molecular weight excluding hydrogens is 280 g/mol. The summed E-state index contributed by atoms with van der Waals surface area (Å²) in [5.74, 6) is -0.112. The summed E-state index contributed by atoms with van der Waals surface area (Å²) in [6, 6.07) is 14.2. The second kappa shape index (κ2) is 5.81. The summed E-state index contributed by atoms with van der Waals surface area (Å²) in [5, 5.41) is 0.511. The van der Waals surface area contributed by atoms with Crippen LogP contribution in [0.1, 0.15) is 21.7 Å². The molecule has 0 unspecified atom stereocenters. The van der Waals surface area contributed by atoms with E-state index in [0.29, 0.717) is 22.3 Å². The fourth-order valence-corrected chi connectivity index (χ4v) is 2.22. The molecule has 0 radical (unpaired) electrons. The number of hydrogen-bond donors (Lipinski definition) is 1. The standard InChI is InChI=1S/C17H14N2O3/c1-11-6-2-3-7-12(11)17(21)22-10-15-18-14-9-5-4-8-13(14)16(20)19-15/h2-9H,10H2,1H3,(H,18,19,20). The summed E-state index contributed by atoms with van der Waals surface area (Å²) in [6.07, 6.45) is 0. The number of aromatic amines is 1. The Bertz CT molecular complexity index is 900. The van der Waals surface area contributed by atoms with Crippen LogP contribution in [0.25, 0.3) is 10.9 Å². The van der Waals surface area contributed by atoms with Gasteiger partial charge in [-0.15, -0.1) is 0 Å². The second-order valence-electron chi connectivity index (χ2n) is 4.92. The van der Waals surface area contributed by atoms with E-state index in [9.17, 15) is 9.59 Å². The molecule has 0 spiro atoms. The van der Waals surface area contributed by atoms with Gasteiger partial charge >= 0.3 is 5.97 Å². The number of carbonyl (C=O) groups is 1. The number of hydrogen-bond acceptors (Lipinski definition) is 4. The molecule has 0 bridgehead atoms. The molecule has 0 aliphatic rings. The minimum absolute atomic E-state index is 0.0761. The molecule has 5 heteroatoms. The highest BCUT2D eigenvalue weighted by Gasteiger charge is 2.11. The Morgan fingerprint density at radius 3 is 2.68 bits per heavy atom. The van der Waals surface area contributed by atoms with Gasteiger partial charge in [0.15, 0.2) is 0 Å². The van der Waals surface area contributed by atoms with E-state index in [1.807, 2.05) is 19.1 Å². The van der Waals surface area contributed by atoms with Gasteiger partial charge in [-0.05, 0) is 30.7 Å². The van der Waals surface area contributed by atoms with Crippen LogP contribution in [0, 0.1) is 6.92 Å². The van der Waals surface area contributed by atoms with Crippen LogP contribution in [0.3, 0.4) is 0 Å². The Morgan fingerprint density at radius 2 is 1.86 bits per heavy atom. The summed E-state index contributed by atoms with van der Waals surface area (Å²) < 4.78 is 5.23. The fourth-order valence-electron chi connectivity index (χ4n) is 2.22. The number of esters is 1. The molecule has 0 atom stereocenters. The number of aromatic nitrogens is 2. The van der Waals surface area contributed by atoms with Gasteiger partial charge in [0.1, 0.15) is 12.4 Å². The number of nitrogens with one attached hydrogen (secondary N) is 1. The minimum Gasteiger partial charge on any atom is -0.454 e. The van der Waals surface area contributed by atoms with E-state index in [-0.39, 0.29) is 12.2 Å². The van der Waals surface area contributed by atoms with E-state index in [4.69, 9.17) is 4.74 Å². The number of rotatable bonds is 3. The van der Waals surface area contributed by atoms with Gasteiger partial charge in [0.2, 0.25) is 0 Å². The number of benzene rings is 2. The molecule has 0 amide bonds. The molecular formula is C17H14N2O3. The van der Waals surface area contributed by atoms with Crippen molar-refractivity contribution < 1.29 is 9.53 Å². The molecule has 110 valence electrons. The zero-order valence-corrected chi connectivity index (χ0v) is 12.0. The predicted octanol–water partition coefficient (Wildman–Crippen LogP) is 2.59. The lowest BCUT2D eigenvalue weighted by Gasteiger charge is -2.07. The molecule has 0 saturated carbocycles. The SMILES string of the molecule is Cc1ccccc1C(=O)OCc1nc2ccccc2c(=O)[nH]1.